The Bertz CT molecular complexity index is 3420. The molecule has 1 nitrogen and oxygen atoms in total. The van der Waals surface area contributed by atoms with Crippen LogP contribution >= 0.6 is 0 Å². The summed E-state index contributed by atoms with van der Waals surface area (Å²) in [5.74, 6) is 0. The summed E-state index contributed by atoms with van der Waals surface area (Å²) in [5, 5.41) is 2.11. The highest BCUT2D eigenvalue weighted by atomic mass is 15.1. The van der Waals surface area contributed by atoms with Crippen molar-refractivity contribution in [1.82, 2.24) is 0 Å². The quantitative estimate of drug-likeness (QED) is 0.142. The van der Waals surface area contributed by atoms with Gasteiger partial charge in [0.15, 0.2) is 0 Å². The van der Waals surface area contributed by atoms with Crippen molar-refractivity contribution in [3.8, 4) is 66.8 Å². The molecule has 0 bridgehead atoms. The monoisotopic (exact) mass is 759 g/mol. The summed E-state index contributed by atoms with van der Waals surface area (Å²) in [7, 11) is 0. The fourth-order valence-corrected chi connectivity index (χ4v) is 7.59. The van der Waals surface area contributed by atoms with Gasteiger partial charge in [0.2, 0.25) is 0 Å². The van der Waals surface area contributed by atoms with Gasteiger partial charge in [-0.25, -0.2) is 0 Å². The Morgan fingerprint density at radius 3 is 1.19 bits per heavy atom. The maximum Gasteiger partial charge on any atom is 0.0645 e. The van der Waals surface area contributed by atoms with Gasteiger partial charge in [-0.05, 0) is 126 Å². The Hall–Kier alpha value is -7.74. The van der Waals surface area contributed by atoms with Gasteiger partial charge in [0.25, 0.3) is 0 Å². The Balaban J connectivity index is 1.13. The van der Waals surface area contributed by atoms with Crippen LogP contribution in [-0.4, -0.2) is 0 Å². The number of anilines is 3. The lowest BCUT2D eigenvalue weighted by Crippen LogP contribution is -2.09. The van der Waals surface area contributed by atoms with Crippen molar-refractivity contribution in [3.05, 3.63) is 249 Å². The molecule has 10 aromatic rings. The summed E-state index contributed by atoms with van der Waals surface area (Å²) in [6.45, 7) is 0. The number of hydrogen-bond donors (Lipinski definition) is 0. The summed E-state index contributed by atoms with van der Waals surface area (Å²) in [5.41, 5.74) is 8.67. The van der Waals surface area contributed by atoms with Gasteiger partial charge in [-0.15, -0.1) is 0 Å². The molecule has 0 aliphatic carbocycles. The minimum Gasteiger partial charge on any atom is -0.311 e. The zero-order valence-electron chi connectivity index (χ0n) is 40.0. The highest BCUT2D eigenvalue weighted by molar-refractivity contribution is 5.97. The number of rotatable bonds is 9. The van der Waals surface area contributed by atoms with Crippen molar-refractivity contribution < 1.29 is 11.0 Å². The van der Waals surface area contributed by atoms with Crippen LogP contribution in [0.25, 0.3) is 77.5 Å². The molecular formula is C58H41N. The molecule has 0 N–H and O–H groups in total. The minimum absolute atomic E-state index is 0.100. The lowest BCUT2D eigenvalue weighted by Gasteiger charge is -2.26. The Labute approximate surface area is 358 Å². The van der Waals surface area contributed by atoms with E-state index in [0.29, 0.717) is 16.8 Å². The van der Waals surface area contributed by atoms with E-state index in [9.17, 15) is 11.0 Å². The second-order valence-electron chi connectivity index (χ2n) is 14.3. The molecule has 10 rings (SSSR count). The Kier molecular flexibility index (Phi) is 7.54. The first kappa shape index (κ1) is 27.8. The van der Waals surface area contributed by atoms with Crippen LogP contribution in [0.1, 0.15) is 11.0 Å². The van der Waals surface area contributed by atoms with E-state index in [1.165, 1.54) is 4.90 Å². The molecule has 0 amide bonds. The predicted molar refractivity (Wildman–Crippen MR) is 251 cm³/mol. The third-order valence-corrected chi connectivity index (χ3v) is 10.6. The van der Waals surface area contributed by atoms with Crippen LogP contribution in [0.4, 0.5) is 17.1 Å². The van der Waals surface area contributed by atoms with E-state index in [-0.39, 0.29) is 46.7 Å². The third-order valence-electron chi connectivity index (χ3n) is 10.6. The fraction of sp³-hybridized carbons (Fsp3) is 0. The maximum atomic E-state index is 9.63. The second kappa shape index (κ2) is 16.0. The maximum absolute atomic E-state index is 9.63. The number of benzene rings is 10. The molecule has 10 aromatic carbocycles. The van der Waals surface area contributed by atoms with Gasteiger partial charge in [0.1, 0.15) is 0 Å². The summed E-state index contributed by atoms with van der Waals surface area (Å²) >= 11 is 0. The minimum atomic E-state index is -0.399. The molecule has 0 aliphatic rings. The summed E-state index contributed by atoms with van der Waals surface area (Å²) in [4.78, 5) is 1.35. The van der Waals surface area contributed by atoms with E-state index in [1.54, 1.807) is 24.3 Å². The molecule has 0 atom stereocenters. The van der Waals surface area contributed by atoms with Crippen LogP contribution in [0.3, 0.4) is 0 Å². The normalized spacial score (nSPS) is 12.9. The van der Waals surface area contributed by atoms with Crippen molar-refractivity contribution in [2.75, 3.05) is 4.90 Å². The molecule has 0 unspecified atom stereocenters. The summed E-state index contributed by atoms with van der Waals surface area (Å²) in [6, 6.07) is 61.3. The van der Waals surface area contributed by atoms with Gasteiger partial charge in [0.05, 0.1) is 11.0 Å². The van der Waals surface area contributed by atoms with E-state index in [0.717, 1.165) is 55.3 Å². The SMILES string of the molecule is [2H]c1c([2H])c(N(c2ccc(-c3ccc(-c4ccccc4)cc3)cc2)c2c([2H])c([2H])c(-c3cccc(-c4cccc5ccccc45)c3)c([2H])c2[2H])c([2H])c([2H])c1-c1cccc(-c2ccccc2)c1. The van der Waals surface area contributed by atoms with E-state index >= 15 is 0 Å². The largest absolute Gasteiger partial charge is 0.311 e. The summed E-state index contributed by atoms with van der Waals surface area (Å²) < 4.78 is 76.3. The Morgan fingerprint density at radius 2 is 0.627 bits per heavy atom. The van der Waals surface area contributed by atoms with Gasteiger partial charge in [-0.3, -0.25) is 0 Å². The number of hydrogen-bond acceptors (Lipinski definition) is 1. The van der Waals surface area contributed by atoms with Gasteiger partial charge in [-0.1, -0.05) is 200 Å². The molecule has 0 saturated heterocycles. The first-order valence-electron chi connectivity index (χ1n) is 23.6. The van der Waals surface area contributed by atoms with Crippen LogP contribution in [0, 0.1) is 0 Å². The standard InChI is InChI=1S/C58H41N/c1-3-12-42(13-4-1)44-24-26-45(27-25-44)46-28-34-54(35-29-46)59(55-36-30-47(31-37-55)51-19-9-18-50(40-51)43-14-5-2-6-15-43)56-38-32-48(33-39-56)52-20-10-21-53(41-52)58-23-11-17-49-16-7-8-22-57(49)58/h1-41H/i30D,31D,32D,33D,36D,37D,38D,39D. The number of nitrogens with zero attached hydrogens (tertiary/aromatic N) is 1. The molecule has 0 radical (unpaired) electrons. The number of fused-ring (bicyclic) bond motifs is 1. The molecule has 0 spiro atoms. The van der Waals surface area contributed by atoms with Crippen molar-refractivity contribution in [2.45, 2.75) is 0 Å². The second-order valence-corrected chi connectivity index (χ2v) is 14.3. The summed E-state index contributed by atoms with van der Waals surface area (Å²) in [6.07, 6.45) is 0. The molecule has 0 aromatic heterocycles. The molecule has 0 saturated carbocycles. The average Bonchev–Trinajstić information content (AvgIpc) is 3.38. The van der Waals surface area contributed by atoms with Crippen LogP contribution in [0.2, 0.25) is 0 Å². The highest BCUT2D eigenvalue weighted by Crippen LogP contribution is 2.39. The van der Waals surface area contributed by atoms with Gasteiger partial charge in [0, 0.05) is 17.1 Å². The van der Waals surface area contributed by atoms with Crippen molar-refractivity contribution in [1.29, 1.82) is 0 Å². The van der Waals surface area contributed by atoms with E-state index in [2.05, 4.69) is 24.3 Å². The molecular weight excluding hydrogens is 711 g/mol. The van der Waals surface area contributed by atoms with Crippen molar-refractivity contribution >= 4 is 27.8 Å². The smallest absolute Gasteiger partial charge is 0.0645 e. The fourth-order valence-electron chi connectivity index (χ4n) is 7.59. The molecule has 278 valence electrons. The van der Waals surface area contributed by atoms with E-state index < -0.39 is 24.2 Å². The van der Waals surface area contributed by atoms with Crippen molar-refractivity contribution in [2.24, 2.45) is 0 Å². The van der Waals surface area contributed by atoms with Gasteiger partial charge < -0.3 is 4.90 Å². The third kappa shape index (κ3) is 7.46. The average molecular weight is 760 g/mol. The molecule has 59 heavy (non-hydrogen) atoms. The van der Waals surface area contributed by atoms with Crippen LogP contribution < -0.4 is 4.90 Å². The lowest BCUT2D eigenvalue weighted by molar-refractivity contribution is 1.28. The van der Waals surface area contributed by atoms with E-state index in [1.807, 2.05) is 152 Å². The topological polar surface area (TPSA) is 3.24 Å². The first-order valence-corrected chi connectivity index (χ1v) is 19.6. The first-order chi connectivity index (χ1) is 32.6. The molecule has 1 heteroatoms. The Morgan fingerprint density at radius 1 is 0.254 bits per heavy atom. The molecule has 0 aliphatic heterocycles. The van der Waals surface area contributed by atoms with Crippen molar-refractivity contribution in [3.63, 3.8) is 0 Å². The van der Waals surface area contributed by atoms with Crippen LogP contribution in [0.15, 0.2) is 249 Å². The van der Waals surface area contributed by atoms with Gasteiger partial charge >= 0.3 is 0 Å². The predicted octanol–water partition coefficient (Wildman–Crippen LogP) is 16.3. The zero-order valence-corrected chi connectivity index (χ0v) is 32.0. The molecule has 0 heterocycles. The molecule has 0 fully saturated rings. The van der Waals surface area contributed by atoms with Crippen LogP contribution in [0.5, 0.6) is 0 Å². The lowest BCUT2D eigenvalue weighted by atomic mass is 9.95. The zero-order chi connectivity index (χ0) is 46.3. The van der Waals surface area contributed by atoms with Crippen LogP contribution in [-0.2, 0) is 0 Å². The van der Waals surface area contributed by atoms with Gasteiger partial charge in [-0.2, -0.15) is 0 Å². The van der Waals surface area contributed by atoms with E-state index in [4.69, 9.17) is 0 Å². The highest BCUT2D eigenvalue weighted by Gasteiger charge is 2.15.